The highest BCUT2D eigenvalue weighted by Gasteiger charge is 2.31. The van der Waals surface area contributed by atoms with Gasteiger partial charge < -0.3 is 14.6 Å². The van der Waals surface area contributed by atoms with E-state index in [1.165, 1.54) is 6.42 Å². The molecule has 1 fully saturated rings. The minimum Gasteiger partial charge on any atom is -0.383 e. The van der Waals surface area contributed by atoms with Crippen molar-refractivity contribution in [3.63, 3.8) is 0 Å². The third-order valence-corrected chi connectivity index (χ3v) is 4.34. The number of nitrogens with zero attached hydrogens (tertiary/aromatic N) is 4. The van der Waals surface area contributed by atoms with Gasteiger partial charge in [-0.3, -0.25) is 4.90 Å². The number of hydrogen-bond donors (Lipinski definition) is 1. The number of anilines is 1. The Labute approximate surface area is 148 Å². The molecule has 25 heavy (non-hydrogen) atoms. The minimum atomic E-state index is 0.227. The third-order valence-electron chi connectivity index (χ3n) is 4.34. The summed E-state index contributed by atoms with van der Waals surface area (Å²) in [6.07, 6.45) is 3.99. The van der Waals surface area contributed by atoms with E-state index in [2.05, 4.69) is 39.2 Å². The van der Waals surface area contributed by atoms with E-state index < -0.39 is 0 Å². The highest BCUT2D eigenvalue weighted by atomic mass is 16.5. The van der Waals surface area contributed by atoms with Crippen LogP contribution in [0.2, 0.25) is 0 Å². The number of ether oxygens (including phenoxy) is 1. The molecule has 3 heterocycles. The van der Waals surface area contributed by atoms with Crippen molar-refractivity contribution in [1.29, 1.82) is 0 Å². The maximum Gasteiger partial charge on any atom is 0.244 e. The molecule has 3 rings (SSSR count). The van der Waals surface area contributed by atoms with Gasteiger partial charge in [0, 0.05) is 26.4 Å². The number of rotatable bonds is 8. The molecular formula is C18H27N5O2. The zero-order valence-corrected chi connectivity index (χ0v) is 15.2. The second-order valence-electron chi connectivity index (χ2n) is 6.82. The van der Waals surface area contributed by atoms with Crippen molar-refractivity contribution < 1.29 is 9.26 Å². The second-order valence-corrected chi connectivity index (χ2v) is 6.82. The highest BCUT2D eigenvalue weighted by Crippen LogP contribution is 2.33. The van der Waals surface area contributed by atoms with Crippen molar-refractivity contribution >= 4 is 5.82 Å². The molecule has 136 valence electrons. The van der Waals surface area contributed by atoms with Gasteiger partial charge in [0.2, 0.25) is 11.7 Å². The van der Waals surface area contributed by atoms with E-state index in [9.17, 15) is 0 Å². The molecule has 0 spiro atoms. The molecule has 0 aliphatic carbocycles. The van der Waals surface area contributed by atoms with Crippen LogP contribution < -0.4 is 5.32 Å². The quantitative estimate of drug-likeness (QED) is 0.737. The van der Waals surface area contributed by atoms with Gasteiger partial charge in [-0.2, -0.15) is 4.98 Å². The van der Waals surface area contributed by atoms with Crippen molar-refractivity contribution in [3.8, 4) is 11.4 Å². The van der Waals surface area contributed by atoms with Gasteiger partial charge in [0.25, 0.3) is 0 Å². The summed E-state index contributed by atoms with van der Waals surface area (Å²) in [5.41, 5.74) is 0.849. The van der Waals surface area contributed by atoms with Crippen LogP contribution in [0.5, 0.6) is 0 Å². The van der Waals surface area contributed by atoms with Crippen molar-refractivity contribution in [3.05, 3.63) is 24.2 Å². The summed E-state index contributed by atoms with van der Waals surface area (Å²) >= 11 is 0. The lowest BCUT2D eigenvalue weighted by Crippen LogP contribution is -2.27. The molecule has 2 aromatic heterocycles. The summed E-state index contributed by atoms with van der Waals surface area (Å²) in [7, 11) is 1.68. The predicted molar refractivity (Wildman–Crippen MR) is 96.3 cm³/mol. The Balaban J connectivity index is 1.77. The van der Waals surface area contributed by atoms with Gasteiger partial charge in [0.1, 0.15) is 5.82 Å². The lowest BCUT2D eigenvalue weighted by Gasteiger charge is -2.23. The molecule has 0 radical (unpaired) electrons. The number of likely N-dealkylation sites (tertiary alicyclic amines) is 1. The molecule has 2 aromatic rings. The lowest BCUT2D eigenvalue weighted by atomic mass is 10.1. The van der Waals surface area contributed by atoms with Crippen LogP contribution in [0.3, 0.4) is 0 Å². The average Bonchev–Trinajstić information content (AvgIpc) is 3.24. The zero-order valence-electron chi connectivity index (χ0n) is 15.2. The molecule has 1 aliphatic heterocycles. The number of aromatic nitrogens is 3. The Morgan fingerprint density at radius 3 is 3.12 bits per heavy atom. The van der Waals surface area contributed by atoms with E-state index in [0.717, 1.165) is 30.9 Å². The van der Waals surface area contributed by atoms with Crippen molar-refractivity contribution in [2.24, 2.45) is 5.92 Å². The molecule has 0 amide bonds. The van der Waals surface area contributed by atoms with Crippen LogP contribution in [0.15, 0.2) is 22.9 Å². The number of hydrogen-bond acceptors (Lipinski definition) is 7. The minimum absolute atomic E-state index is 0.227. The standard InChI is InChI=1S/C18H27N5O2/c1-13(2)12-23-10-5-7-15(23)18-21-17(22-25-18)14-6-4-8-19-16(14)20-9-11-24-3/h4,6,8,13,15H,5,7,9-12H2,1-3H3,(H,19,20)/t15-/m0/s1. The first-order valence-corrected chi connectivity index (χ1v) is 8.95. The summed E-state index contributed by atoms with van der Waals surface area (Å²) in [6, 6.07) is 4.07. The largest absolute Gasteiger partial charge is 0.383 e. The Morgan fingerprint density at radius 1 is 1.44 bits per heavy atom. The van der Waals surface area contributed by atoms with Crippen LogP contribution in [-0.2, 0) is 4.74 Å². The highest BCUT2D eigenvalue weighted by molar-refractivity contribution is 5.69. The zero-order chi connectivity index (χ0) is 17.6. The van der Waals surface area contributed by atoms with E-state index >= 15 is 0 Å². The van der Waals surface area contributed by atoms with Crippen LogP contribution in [0.25, 0.3) is 11.4 Å². The van der Waals surface area contributed by atoms with E-state index in [1.54, 1.807) is 13.3 Å². The fraction of sp³-hybridized carbons (Fsp3) is 0.611. The van der Waals surface area contributed by atoms with Crippen LogP contribution in [0, 0.1) is 5.92 Å². The van der Waals surface area contributed by atoms with Gasteiger partial charge in [0.05, 0.1) is 18.2 Å². The SMILES string of the molecule is COCCNc1ncccc1-c1noc([C@@H]2CCCN2CC(C)C)n1. The molecule has 0 unspecified atom stereocenters. The fourth-order valence-corrected chi connectivity index (χ4v) is 3.27. The molecule has 0 bridgehead atoms. The summed E-state index contributed by atoms with van der Waals surface area (Å²) < 4.78 is 10.7. The van der Waals surface area contributed by atoms with Gasteiger partial charge in [-0.05, 0) is 37.4 Å². The smallest absolute Gasteiger partial charge is 0.244 e. The van der Waals surface area contributed by atoms with Crippen molar-refractivity contribution in [2.75, 3.05) is 38.7 Å². The average molecular weight is 345 g/mol. The first-order valence-electron chi connectivity index (χ1n) is 8.95. The molecule has 7 nitrogen and oxygen atoms in total. The Hall–Kier alpha value is -1.99. The summed E-state index contributed by atoms with van der Waals surface area (Å²) in [5, 5.41) is 7.47. The normalized spacial score (nSPS) is 18.2. The van der Waals surface area contributed by atoms with Gasteiger partial charge in [-0.25, -0.2) is 4.98 Å². The second kappa shape index (κ2) is 8.40. The van der Waals surface area contributed by atoms with Gasteiger partial charge in [0.15, 0.2) is 0 Å². The number of methoxy groups -OCH3 is 1. The maximum atomic E-state index is 5.61. The van der Waals surface area contributed by atoms with E-state index in [-0.39, 0.29) is 6.04 Å². The summed E-state index contributed by atoms with van der Waals surface area (Å²) in [6.45, 7) is 7.91. The topological polar surface area (TPSA) is 76.3 Å². The van der Waals surface area contributed by atoms with Crippen LogP contribution in [-0.4, -0.2) is 53.4 Å². The Kier molecular flexibility index (Phi) is 5.99. The molecule has 7 heteroatoms. The molecule has 1 saturated heterocycles. The third kappa shape index (κ3) is 4.35. The molecular weight excluding hydrogens is 318 g/mol. The van der Waals surface area contributed by atoms with Crippen LogP contribution >= 0.6 is 0 Å². The summed E-state index contributed by atoms with van der Waals surface area (Å²) in [5.74, 6) is 2.66. The van der Waals surface area contributed by atoms with Crippen molar-refractivity contribution in [2.45, 2.75) is 32.7 Å². The molecule has 0 aromatic carbocycles. The van der Waals surface area contributed by atoms with Gasteiger partial charge in [-0.1, -0.05) is 19.0 Å². The first-order chi connectivity index (χ1) is 12.2. The molecule has 1 N–H and O–H groups in total. The van der Waals surface area contributed by atoms with E-state index in [1.807, 2.05) is 12.1 Å². The number of nitrogens with one attached hydrogen (secondary N) is 1. The predicted octanol–water partition coefficient (Wildman–Crippen LogP) is 2.98. The number of pyridine rings is 1. The molecule has 1 atom stereocenters. The Bertz CT molecular complexity index is 673. The van der Waals surface area contributed by atoms with Gasteiger partial charge >= 0.3 is 0 Å². The first kappa shape index (κ1) is 17.8. The van der Waals surface area contributed by atoms with E-state index in [4.69, 9.17) is 9.26 Å². The molecule has 0 saturated carbocycles. The Morgan fingerprint density at radius 2 is 2.32 bits per heavy atom. The van der Waals surface area contributed by atoms with Crippen LogP contribution in [0.4, 0.5) is 5.82 Å². The van der Waals surface area contributed by atoms with Gasteiger partial charge in [-0.15, -0.1) is 0 Å². The monoisotopic (exact) mass is 345 g/mol. The van der Waals surface area contributed by atoms with Crippen molar-refractivity contribution in [1.82, 2.24) is 20.0 Å². The maximum absolute atomic E-state index is 5.61. The summed E-state index contributed by atoms with van der Waals surface area (Å²) in [4.78, 5) is 11.5. The fourth-order valence-electron chi connectivity index (χ4n) is 3.27. The molecule has 1 aliphatic rings. The lowest BCUT2D eigenvalue weighted by molar-refractivity contribution is 0.189. The van der Waals surface area contributed by atoms with E-state index in [0.29, 0.717) is 30.8 Å². The van der Waals surface area contributed by atoms with Crippen LogP contribution in [0.1, 0.15) is 38.6 Å².